The molecule has 0 aromatic heterocycles. The summed E-state index contributed by atoms with van der Waals surface area (Å²) >= 11 is 0. The van der Waals surface area contributed by atoms with Crippen LogP contribution in [-0.4, -0.2) is 30.4 Å². The third-order valence-electron chi connectivity index (χ3n) is 2.05. The largest absolute Gasteiger partial charge is 0.344 e. The molecule has 12 heavy (non-hydrogen) atoms. The van der Waals surface area contributed by atoms with Crippen LogP contribution in [0.1, 0.15) is 27.2 Å². The van der Waals surface area contributed by atoms with Crippen LogP contribution in [0.25, 0.3) is 0 Å². The molecule has 3 nitrogen and oxygen atoms in total. The Morgan fingerprint density at radius 3 is 2.33 bits per heavy atom. The highest BCUT2D eigenvalue weighted by Crippen LogP contribution is 2.03. The van der Waals surface area contributed by atoms with Gasteiger partial charge >= 0.3 is 0 Å². The molecule has 0 aliphatic rings. The lowest BCUT2D eigenvalue weighted by molar-refractivity contribution is -0.131. The molecular formula is C9H20N2O. The maximum atomic E-state index is 11.3. The molecule has 0 fully saturated rings. The predicted molar refractivity (Wildman–Crippen MR) is 50.7 cm³/mol. The summed E-state index contributed by atoms with van der Waals surface area (Å²) in [7, 11) is 1.80. The highest BCUT2D eigenvalue weighted by Gasteiger charge is 2.14. The van der Waals surface area contributed by atoms with E-state index in [0.29, 0.717) is 5.92 Å². The third-order valence-corrected chi connectivity index (χ3v) is 2.05. The van der Waals surface area contributed by atoms with Crippen molar-refractivity contribution in [1.29, 1.82) is 0 Å². The van der Waals surface area contributed by atoms with Crippen LogP contribution in [0.3, 0.4) is 0 Å². The first kappa shape index (κ1) is 11.4. The molecule has 2 N–H and O–H groups in total. The molecule has 0 aliphatic carbocycles. The number of hydrogen-bond acceptors (Lipinski definition) is 2. The summed E-state index contributed by atoms with van der Waals surface area (Å²) in [5.41, 5.74) is 5.46. The SMILES string of the molecule is CCC(C)CN(C)C(=O)[C@H](C)N. The fourth-order valence-corrected chi connectivity index (χ4v) is 1.03. The number of nitrogens with two attached hydrogens (primary N) is 1. The maximum absolute atomic E-state index is 11.3. The second-order valence-electron chi connectivity index (χ2n) is 3.52. The van der Waals surface area contributed by atoms with Gasteiger partial charge in [0.05, 0.1) is 6.04 Å². The van der Waals surface area contributed by atoms with Crippen molar-refractivity contribution in [2.24, 2.45) is 11.7 Å². The lowest BCUT2D eigenvalue weighted by Crippen LogP contribution is -2.41. The van der Waals surface area contributed by atoms with Crippen molar-refractivity contribution in [2.45, 2.75) is 33.2 Å². The molecule has 0 aromatic rings. The van der Waals surface area contributed by atoms with Gasteiger partial charge in [-0.2, -0.15) is 0 Å². The first-order chi connectivity index (χ1) is 5.49. The molecule has 72 valence electrons. The minimum atomic E-state index is -0.376. The summed E-state index contributed by atoms with van der Waals surface area (Å²) in [6, 6.07) is -0.376. The number of rotatable bonds is 4. The van der Waals surface area contributed by atoms with E-state index in [0.717, 1.165) is 13.0 Å². The van der Waals surface area contributed by atoms with Crippen LogP contribution in [0.2, 0.25) is 0 Å². The average molecular weight is 172 g/mol. The van der Waals surface area contributed by atoms with Gasteiger partial charge in [-0.15, -0.1) is 0 Å². The minimum Gasteiger partial charge on any atom is -0.344 e. The van der Waals surface area contributed by atoms with E-state index < -0.39 is 0 Å². The van der Waals surface area contributed by atoms with Gasteiger partial charge in [-0.05, 0) is 12.8 Å². The van der Waals surface area contributed by atoms with Crippen LogP contribution in [0.4, 0.5) is 0 Å². The Morgan fingerprint density at radius 1 is 1.50 bits per heavy atom. The van der Waals surface area contributed by atoms with E-state index in [1.54, 1.807) is 18.9 Å². The number of hydrogen-bond donors (Lipinski definition) is 1. The molecule has 0 saturated carbocycles. The van der Waals surface area contributed by atoms with Crippen LogP contribution in [0, 0.1) is 5.92 Å². The number of carbonyl (C=O) groups is 1. The molecule has 3 heteroatoms. The summed E-state index contributed by atoms with van der Waals surface area (Å²) in [4.78, 5) is 13.0. The topological polar surface area (TPSA) is 46.3 Å². The standard InChI is InChI=1S/C9H20N2O/c1-5-7(2)6-11(4)9(12)8(3)10/h7-8H,5-6,10H2,1-4H3/t7?,8-/m0/s1. The van der Waals surface area contributed by atoms with Gasteiger partial charge < -0.3 is 10.6 Å². The lowest BCUT2D eigenvalue weighted by Gasteiger charge is -2.22. The molecule has 0 spiro atoms. The van der Waals surface area contributed by atoms with Gasteiger partial charge in [-0.1, -0.05) is 20.3 Å². The van der Waals surface area contributed by atoms with Crippen molar-refractivity contribution in [3.63, 3.8) is 0 Å². The first-order valence-electron chi connectivity index (χ1n) is 4.49. The molecule has 2 atom stereocenters. The second-order valence-corrected chi connectivity index (χ2v) is 3.52. The van der Waals surface area contributed by atoms with E-state index >= 15 is 0 Å². The van der Waals surface area contributed by atoms with E-state index in [1.807, 2.05) is 0 Å². The van der Waals surface area contributed by atoms with Crippen molar-refractivity contribution in [3.05, 3.63) is 0 Å². The van der Waals surface area contributed by atoms with Gasteiger partial charge in [-0.25, -0.2) is 0 Å². The Kier molecular flexibility index (Phi) is 4.90. The van der Waals surface area contributed by atoms with E-state index in [2.05, 4.69) is 13.8 Å². The summed E-state index contributed by atoms with van der Waals surface area (Å²) in [5, 5.41) is 0. The van der Waals surface area contributed by atoms with Crippen molar-refractivity contribution in [1.82, 2.24) is 4.90 Å². The van der Waals surface area contributed by atoms with Gasteiger partial charge in [0, 0.05) is 13.6 Å². The predicted octanol–water partition coefficient (Wildman–Crippen LogP) is 0.838. The summed E-state index contributed by atoms with van der Waals surface area (Å²) in [6.45, 7) is 6.77. The van der Waals surface area contributed by atoms with E-state index in [4.69, 9.17) is 5.73 Å². The van der Waals surface area contributed by atoms with Crippen LogP contribution in [-0.2, 0) is 4.79 Å². The summed E-state index contributed by atoms with van der Waals surface area (Å²) in [5.74, 6) is 0.577. The number of likely N-dealkylation sites (N-methyl/N-ethyl adjacent to an activating group) is 1. The highest BCUT2D eigenvalue weighted by molar-refractivity contribution is 5.80. The molecule has 0 aliphatic heterocycles. The highest BCUT2D eigenvalue weighted by atomic mass is 16.2. The molecule has 0 radical (unpaired) electrons. The van der Waals surface area contributed by atoms with E-state index in [-0.39, 0.29) is 11.9 Å². The van der Waals surface area contributed by atoms with E-state index in [9.17, 15) is 4.79 Å². The van der Waals surface area contributed by atoms with Crippen LogP contribution in [0.5, 0.6) is 0 Å². The summed E-state index contributed by atoms with van der Waals surface area (Å²) < 4.78 is 0. The molecule has 0 rings (SSSR count). The Balaban J connectivity index is 3.86. The van der Waals surface area contributed by atoms with Gasteiger partial charge in [-0.3, -0.25) is 4.79 Å². The first-order valence-corrected chi connectivity index (χ1v) is 4.49. The normalized spacial score (nSPS) is 15.4. The average Bonchev–Trinajstić information content (AvgIpc) is 2.02. The second kappa shape index (κ2) is 5.14. The lowest BCUT2D eigenvalue weighted by atomic mass is 10.1. The molecule has 0 bridgehead atoms. The third kappa shape index (κ3) is 3.72. The van der Waals surface area contributed by atoms with Gasteiger partial charge in [0.1, 0.15) is 0 Å². The smallest absolute Gasteiger partial charge is 0.238 e. The molecule has 1 unspecified atom stereocenters. The monoisotopic (exact) mass is 172 g/mol. The molecule has 0 heterocycles. The molecule has 0 aromatic carbocycles. The number of carbonyl (C=O) groups excluding carboxylic acids is 1. The van der Waals surface area contributed by atoms with Crippen molar-refractivity contribution >= 4 is 5.91 Å². The number of amides is 1. The Labute approximate surface area is 74.9 Å². The molecule has 0 saturated heterocycles. The maximum Gasteiger partial charge on any atom is 0.238 e. The van der Waals surface area contributed by atoms with E-state index in [1.165, 1.54) is 0 Å². The van der Waals surface area contributed by atoms with Crippen molar-refractivity contribution in [3.8, 4) is 0 Å². The van der Waals surface area contributed by atoms with Gasteiger partial charge in [0.2, 0.25) is 5.91 Å². The zero-order chi connectivity index (χ0) is 9.72. The summed E-state index contributed by atoms with van der Waals surface area (Å²) in [6.07, 6.45) is 1.09. The van der Waals surface area contributed by atoms with Crippen LogP contribution >= 0.6 is 0 Å². The molecule has 1 amide bonds. The van der Waals surface area contributed by atoms with Gasteiger partial charge in [0.25, 0.3) is 0 Å². The van der Waals surface area contributed by atoms with Crippen molar-refractivity contribution < 1.29 is 4.79 Å². The minimum absolute atomic E-state index is 0.0234. The van der Waals surface area contributed by atoms with Crippen LogP contribution < -0.4 is 5.73 Å². The Hall–Kier alpha value is -0.570. The van der Waals surface area contributed by atoms with Crippen LogP contribution in [0.15, 0.2) is 0 Å². The zero-order valence-corrected chi connectivity index (χ0v) is 8.50. The Bertz CT molecular complexity index is 145. The Morgan fingerprint density at radius 2 is 2.00 bits per heavy atom. The van der Waals surface area contributed by atoms with Gasteiger partial charge in [0.15, 0.2) is 0 Å². The number of nitrogens with zero attached hydrogens (tertiary/aromatic N) is 1. The zero-order valence-electron chi connectivity index (χ0n) is 8.50. The molecular weight excluding hydrogens is 152 g/mol. The fraction of sp³-hybridized carbons (Fsp3) is 0.889. The van der Waals surface area contributed by atoms with Crippen molar-refractivity contribution in [2.75, 3.05) is 13.6 Å². The fourth-order valence-electron chi connectivity index (χ4n) is 1.03. The quantitative estimate of drug-likeness (QED) is 0.683.